The Morgan fingerprint density at radius 2 is 2.07 bits per heavy atom. The second kappa shape index (κ2) is 6.36. The number of hydrogen-bond donors (Lipinski definition) is 1. The maximum absolute atomic E-state index is 10.8. The van der Waals surface area contributed by atoms with E-state index in [4.69, 9.17) is 0 Å². The van der Waals surface area contributed by atoms with E-state index in [1.807, 2.05) is 18.2 Å². The molecule has 1 aromatic carbocycles. The first-order chi connectivity index (χ1) is 7.29. The lowest BCUT2D eigenvalue weighted by molar-refractivity contribution is 0.111. The third kappa shape index (κ3) is 3.48. The number of aliphatic hydroxyl groups is 1. The molecule has 1 unspecified atom stereocenters. The average molecular weight is 206 g/mol. The summed E-state index contributed by atoms with van der Waals surface area (Å²) in [6, 6.07) is 7.23. The minimum atomic E-state index is -0.502. The van der Waals surface area contributed by atoms with Crippen molar-refractivity contribution in [2.45, 2.75) is 38.7 Å². The monoisotopic (exact) mass is 206 g/mol. The fourth-order valence-corrected chi connectivity index (χ4v) is 1.66. The normalized spacial score (nSPS) is 12.4. The van der Waals surface area contributed by atoms with Crippen LogP contribution in [0.15, 0.2) is 24.3 Å². The highest BCUT2D eigenvalue weighted by atomic mass is 16.3. The van der Waals surface area contributed by atoms with Crippen LogP contribution in [-0.4, -0.2) is 11.4 Å². The molecule has 0 aliphatic rings. The Morgan fingerprint density at radius 1 is 1.33 bits per heavy atom. The molecule has 1 aromatic rings. The van der Waals surface area contributed by atoms with E-state index in [2.05, 4.69) is 6.92 Å². The highest BCUT2D eigenvalue weighted by Gasteiger charge is 2.10. The number of hydrogen-bond acceptors (Lipinski definition) is 2. The molecule has 82 valence electrons. The van der Waals surface area contributed by atoms with E-state index in [-0.39, 0.29) is 0 Å². The number of carbonyl (C=O) groups is 1. The van der Waals surface area contributed by atoms with Gasteiger partial charge in [-0.2, -0.15) is 0 Å². The van der Waals surface area contributed by atoms with Gasteiger partial charge in [0.15, 0.2) is 0 Å². The van der Waals surface area contributed by atoms with Gasteiger partial charge in [-0.25, -0.2) is 0 Å². The van der Waals surface area contributed by atoms with Gasteiger partial charge in [-0.1, -0.05) is 50.5 Å². The Labute approximate surface area is 90.9 Å². The molecular formula is C13H18O2. The summed E-state index contributed by atoms with van der Waals surface area (Å²) in [6.07, 6.45) is 4.31. The smallest absolute Gasteiger partial charge is 0.150 e. The third-order valence-electron chi connectivity index (χ3n) is 2.56. The van der Waals surface area contributed by atoms with Crippen molar-refractivity contribution in [2.75, 3.05) is 0 Å². The Kier molecular flexibility index (Phi) is 5.05. The van der Waals surface area contributed by atoms with E-state index in [0.29, 0.717) is 5.56 Å². The molecule has 0 heterocycles. The lowest BCUT2D eigenvalue weighted by atomic mass is 9.99. The van der Waals surface area contributed by atoms with Crippen molar-refractivity contribution < 1.29 is 9.90 Å². The molecule has 0 amide bonds. The Morgan fingerprint density at radius 3 is 2.73 bits per heavy atom. The fourth-order valence-electron chi connectivity index (χ4n) is 1.66. The van der Waals surface area contributed by atoms with Gasteiger partial charge in [0.2, 0.25) is 0 Å². The van der Waals surface area contributed by atoms with E-state index in [0.717, 1.165) is 37.5 Å². The molecular weight excluding hydrogens is 188 g/mol. The van der Waals surface area contributed by atoms with Crippen molar-refractivity contribution in [1.82, 2.24) is 0 Å². The Bertz CT molecular complexity index is 307. The van der Waals surface area contributed by atoms with Crippen molar-refractivity contribution >= 4 is 6.29 Å². The molecule has 0 aromatic heterocycles. The standard InChI is InChI=1S/C13H18O2/c1-2-3-4-9-13(15)12-8-6-5-7-11(12)10-14/h5-8,10,13,15H,2-4,9H2,1H3. The van der Waals surface area contributed by atoms with E-state index in [9.17, 15) is 9.90 Å². The Hall–Kier alpha value is -1.15. The minimum absolute atomic E-state index is 0.502. The molecule has 0 aliphatic carbocycles. The van der Waals surface area contributed by atoms with Crippen LogP contribution in [0.3, 0.4) is 0 Å². The average Bonchev–Trinajstić information content (AvgIpc) is 2.29. The molecule has 0 spiro atoms. The molecule has 15 heavy (non-hydrogen) atoms. The molecule has 0 saturated heterocycles. The molecule has 1 atom stereocenters. The van der Waals surface area contributed by atoms with E-state index >= 15 is 0 Å². The topological polar surface area (TPSA) is 37.3 Å². The van der Waals surface area contributed by atoms with Gasteiger partial charge in [0.25, 0.3) is 0 Å². The van der Waals surface area contributed by atoms with Crippen LogP contribution in [0, 0.1) is 0 Å². The molecule has 2 heteroatoms. The summed E-state index contributed by atoms with van der Waals surface area (Å²) >= 11 is 0. The van der Waals surface area contributed by atoms with Gasteiger partial charge in [-0.15, -0.1) is 0 Å². The van der Waals surface area contributed by atoms with Gasteiger partial charge < -0.3 is 5.11 Å². The number of benzene rings is 1. The lowest BCUT2D eigenvalue weighted by Gasteiger charge is -2.12. The zero-order valence-corrected chi connectivity index (χ0v) is 9.15. The summed E-state index contributed by atoms with van der Waals surface area (Å²) in [7, 11) is 0. The van der Waals surface area contributed by atoms with Gasteiger partial charge in [-0.3, -0.25) is 4.79 Å². The second-order valence-corrected chi connectivity index (χ2v) is 3.76. The molecule has 2 nitrogen and oxygen atoms in total. The van der Waals surface area contributed by atoms with Gasteiger partial charge in [0, 0.05) is 5.56 Å². The molecule has 0 saturated carbocycles. The largest absolute Gasteiger partial charge is 0.388 e. The SMILES string of the molecule is CCCCCC(O)c1ccccc1C=O. The van der Waals surface area contributed by atoms with Crippen LogP contribution >= 0.6 is 0 Å². The zero-order valence-electron chi connectivity index (χ0n) is 9.15. The minimum Gasteiger partial charge on any atom is -0.388 e. The van der Waals surface area contributed by atoms with Crippen molar-refractivity contribution in [3.63, 3.8) is 0 Å². The van der Waals surface area contributed by atoms with Crippen molar-refractivity contribution in [3.05, 3.63) is 35.4 Å². The van der Waals surface area contributed by atoms with Crippen molar-refractivity contribution in [2.24, 2.45) is 0 Å². The number of rotatable bonds is 6. The number of unbranched alkanes of at least 4 members (excludes halogenated alkanes) is 2. The maximum Gasteiger partial charge on any atom is 0.150 e. The van der Waals surface area contributed by atoms with Crippen molar-refractivity contribution in [3.8, 4) is 0 Å². The van der Waals surface area contributed by atoms with Gasteiger partial charge in [0.1, 0.15) is 6.29 Å². The summed E-state index contributed by atoms with van der Waals surface area (Å²) in [5, 5.41) is 9.90. The number of aldehydes is 1. The molecule has 0 radical (unpaired) electrons. The van der Waals surface area contributed by atoms with Gasteiger partial charge in [-0.05, 0) is 12.0 Å². The van der Waals surface area contributed by atoms with E-state index < -0.39 is 6.10 Å². The third-order valence-corrected chi connectivity index (χ3v) is 2.56. The van der Waals surface area contributed by atoms with Gasteiger partial charge in [0.05, 0.1) is 6.10 Å². The van der Waals surface area contributed by atoms with E-state index in [1.54, 1.807) is 6.07 Å². The highest BCUT2D eigenvalue weighted by Crippen LogP contribution is 2.22. The first-order valence-electron chi connectivity index (χ1n) is 5.51. The van der Waals surface area contributed by atoms with Gasteiger partial charge >= 0.3 is 0 Å². The second-order valence-electron chi connectivity index (χ2n) is 3.76. The van der Waals surface area contributed by atoms with Crippen LogP contribution in [0.1, 0.15) is 54.6 Å². The molecule has 1 rings (SSSR count). The number of aliphatic hydroxyl groups excluding tert-OH is 1. The zero-order chi connectivity index (χ0) is 11.1. The van der Waals surface area contributed by atoms with E-state index in [1.165, 1.54) is 0 Å². The summed E-state index contributed by atoms with van der Waals surface area (Å²) in [5.41, 5.74) is 1.35. The fraction of sp³-hybridized carbons (Fsp3) is 0.462. The number of carbonyl (C=O) groups excluding carboxylic acids is 1. The predicted octanol–water partition coefficient (Wildman–Crippen LogP) is 3.11. The van der Waals surface area contributed by atoms with Crippen LogP contribution in [0.25, 0.3) is 0 Å². The van der Waals surface area contributed by atoms with Crippen molar-refractivity contribution in [1.29, 1.82) is 0 Å². The quantitative estimate of drug-likeness (QED) is 0.573. The van der Waals surface area contributed by atoms with Crippen LogP contribution in [-0.2, 0) is 0 Å². The summed E-state index contributed by atoms with van der Waals surface area (Å²) < 4.78 is 0. The van der Waals surface area contributed by atoms with Crippen LogP contribution < -0.4 is 0 Å². The predicted molar refractivity (Wildman–Crippen MR) is 60.9 cm³/mol. The van der Waals surface area contributed by atoms with Crippen LogP contribution in [0.2, 0.25) is 0 Å². The molecule has 1 N–H and O–H groups in total. The lowest BCUT2D eigenvalue weighted by Crippen LogP contribution is -2.01. The first kappa shape index (κ1) is 11.9. The maximum atomic E-state index is 10.8. The molecule has 0 bridgehead atoms. The summed E-state index contributed by atoms with van der Waals surface area (Å²) in [4.78, 5) is 10.8. The molecule has 0 fully saturated rings. The Balaban J connectivity index is 2.63. The first-order valence-corrected chi connectivity index (χ1v) is 5.51. The van der Waals surface area contributed by atoms with Crippen LogP contribution in [0.5, 0.6) is 0 Å². The summed E-state index contributed by atoms with van der Waals surface area (Å²) in [6.45, 7) is 2.13. The summed E-state index contributed by atoms with van der Waals surface area (Å²) in [5.74, 6) is 0. The van der Waals surface area contributed by atoms with Crippen LogP contribution in [0.4, 0.5) is 0 Å². The molecule has 0 aliphatic heterocycles. The highest BCUT2D eigenvalue weighted by molar-refractivity contribution is 5.77.